The molecule has 2 aromatic heterocycles. The van der Waals surface area contributed by atoms with Gasteiger partial charge in [-0.2, -0.15) is 5.10 Å². The Bertz CT molecular complexity index is 769. The van der Waals surface area contributed by atoms with Crippen molar-refractivity contribution >= 4 is 17.2 Å². The smallest absolute Gasteiger partial charge is 0.271 e. The molecule has 0 aliphatic heterocycles. The number of amides is 1. The first-order valence-electron chi connectivity index (χ1n) is 8.32. The summed E-state index contributed by atoms with van der Waals surface area (Å²) in [5.74, 6) is -0.164. The van der Waals surface area contributed by atoms with Gasteiger partial charge in [0.05, 0.1) is 17.2 Å². The molecule has 2 heterocycles. The fraction of sp³-hybridized carbons (Fsp3) is 0.263. The molecule has 0 atom stereocenters. The van der Waals surface area contributed by atoms with Crippen molar-refractivity contribution in [3.05, 3.63) is 65.2 Å². The summed E-state index contributed by atoms with van der Waals surface area (Å²) in [7, 11) is 0. The van der Waals surface area contributed by atoms with Crippen molar-refractivity contribution in [1.82, 2.24) is 15.5 Å². The molecular formula is C19H21N3O2S. The molecule has 3 rings (SSSR count). The molecule has 0 aliphatic rings. The van der Waals surface area contributed by atoms with E-state index in [-0.39, 0.29) is 5.91 Å². The average molecular weight is 355 g/mol. The van der Waals surface area contributed by atoms with Crippen molar-refractivity contribution in [2.45, 2.75) is 12.8 Å². The Morgan fingerprint density at radius 1 is 1.16 bits per heavy atom. The van der Waals surface area contributed by atoms with Gasteiger partial charge in [-0.1, -0.05) is 36.4 Å². The molecule has 3 aromatic rings. The van der Waals surface area contributed by atoms with Crippen LogP contribution in [-0.4, -0.2) is 35.9 Å². The van der Waals surface area contributed by atoms with Crippen LogP contribution in [0.3, 0.4) is 0 Å². The van der Waals surface area contributed by atoms with Gasteiger partial charge in [-0.15, -0.1) is 11.3 Å². The highest BCUT2D eigenvalue weighted by Crippen LogP contribution is 2.22. The predicted molar refractivity (Wildman–Crippen MR) is 99.8 cm³/mol. The van der Waals surface area contributed by atoms with Gasteiger partial charge in [0, 0.05) is 13.2 Å². The van der Waals surface area contributed by atoms with Gasteiger partial charge >= 0.3 is 0 Å². The summed E-state index contributed by atoms with van der Waals surface area (Å²) in [5, 5.41) is 11.8. The lowest BCUT2D eigenvalue weighted by Crippen LogP contribution is -2.25. The van der Waals surface area contributed by atoms with Gasteiger partial charge in [-0.25, -0.2) is 0 Å². The summed E-state index contributed by atoms with van der Waals surface area (Å²) in [4.78, 5) is 13.1. The minimum atomic E-state index is -0.164. The summed E-state index contributed by atoms with van der Waals surface area (Å²) < 4.78 is 5.61. The molecule has 0 unspecified atom stereocenters. The van der Waals surface area contributed by atoms with Crippen molar-refractivity contribution in [1.29, 1.82) is 0 Å². The number of nitrogens with one attached hydrogen (secondary N) is 2. The monoisotopic (exact) mass is 355 g/mol. The van der Waals surface area contributed by atoms with Crippen LogP contribution >= 0.6 is 11.3 Å². The maximum absolute atomic E-state index is 12.1. The van der Waals surface area contributed by atoms with Crippen LogP contribution in [0.2, 0.25) is 0 Å². The fourth-order valence-corrected chi connectivity index (χ4v) is 3.09. The van der Waals surface area contributed by atoms with Crippen molar-refractivity contribution in [3.63, 3.8) is 0 Å². The molecule has 25 heavy (non-hydrogen) atoms. The van der Waals surface area contributed by atoms with Gasteiger partial charge in [0.25, 0.3) is 5.91 Å². The van der Waals surface area contributed by atoms with Crippen LogP contribution in [0, 0.1) is 0 Å². The molecule has 0 saturated carbocycles. The molecule has 130 valence electrons. The molecular weight excluding hydrogens is 334 g/mol. The molecule has 6 heteroatoms. The summed E-state index contributed by atoms with van der Waals surface area (Å²) in [6, 6.07) is 16.0. The lowest BCUT2D eigenvalue weighted by molar-refractivity contribution is 0.0937. The standard InChI is InChI=1S/C19H21N3O2S/c23-19(17-14-16(21-22-17)18-8-4-13-25-18)20-10-5-11-24-12-9-15-6-2-1-3-7-15/h1-4,6-8,13-14H,5,9-12H2,(H,20,23)(H,21,22). The highest BCUT2D eigenvalue weighted by atomic mass is 32.1. The predicted octanol–water partition coefficient (Wildman–Crippen LogP) is 3.52. The van der Waals surface area contributed by atoms with Crippen molar-refractivity contribution < 1.29 is 9.53 Å². The van der Waals surface area contributed by atoms with Crippen LogP contribution in [0.15, 0.2) is 53.9 Å². The topological polar surface area (TPSA) is 67.0 Å². The third-order valence-corrected chi connectivity index (χ3v) is 4.63. The quantitative estimate of drug-likeness (QED) is 0.577. The molecule has 1 amide bonds. The lowest BCUT2D eigenvalue weighted by atomic mass is 10.2. The van der Waals surface area contributed by atoms with Gasteiger partial charge in [0.2, 0.25) is 0 Å². The number of ether oxygens (including phenoxy) is 1. The number of nitrogens with zero attached hydrogens (tertiary/aromatic N) is 1. The summed E-state index contributed by atoms with van der Waals surface area (Å²) in [6.07, 6.45) is 1.69. The molecule has 1 aromatic carbocycles. The molecule has 2 N–H and O–H groups in total. The van der Waals surface area contributed by atoms with Gasteiger partial charge in [0.1, 0.15) is 0 Å². The van der Waals surface area contributed by atoms with E-state index in [0.717, 1.165) is 23.4 Å². The van der Waals surface area contributed by atoms with E-state index in [9.17, 15) is 4.79 Å². The molecule has 0 bridgehead atoms. The molecule has 5 nitrogen and oxygen atoms in total. The Labute approximate surface area is 151 Å². The van der Waals surface area contributed by atoms with Crippen LogP contribution in [0.25, 0.3) is 10.6 Å². The Hall–Kier alpha value is -2.44. The maximum atomic E-state index is 12.1. The molecule has 0 fully saturated rings. The van der Waals surface area contributed by atoms with Crippen molar-refractivity contribution in [3.8, 4) is 10.6 Å². The highest BCUT2D eigenvalue weighted by molar-refractivity contribution is 7.13. The van der Waals surface area contributed by atoms with Crippen molar-refractivity contribution in [2.24, 2.45) is 0 Å². The van der Waals surface area contributed by atoms with Gasteiger partial charge in [-0.3, -0.25) is 9.89 Å². The largest absolute Gasteiger partial charge is 0.381 e. The zero-order valence-corrected chi connectivity index (χ0v) is 14.7. The first kappa shape index (κ1) is 17.4. The number of aromatic nitrogens is 2. The third-order valence-electron chi connectivity index (χ3n) is 3.73. The van der Waals surface area contributed by atoms with E-state index < -0.39 is 0 Å². The van der Waals surface area contributed by atoms with Gasteiger partial charge in [-0.05, 0) is 35.9 Å². The minimum Gasteiger partial charge on any atom is -0.381 e. The number of aromatic amines is 1. The molecule has 0 saturated heterocycles. The number of hydrogen-bond donors (Lipinski definition) is 2. The summed E-state index contributed by atoms with van der Waals surface area (Å²) in [6.45, 7) is 1.90. The van der Waals surface area contributed by atoms with Crippen LogP contribution < -0.4 is 5.32 Å². The van der Waals surface area contributed by atoms with Crippen molar-refractivity contribution in [2.75, 3.05) is 19.8 Å². The number of hydrogen-bond acceptors (Lipinski definition) is 4. The maximum Gasteiger partial charge on any atom is 0.271 e. The number of H-pyrrole nitrogens is 1. The van der Waals surface area contributed by atoms with Crippen LogP contribution in [0.1, 0.15) is 22.5 Å². The summed E-state index contributed by atoms with van der Waals surface area (Å²) >= 11 is 1.61. The number of benzene rings is 1. The van der Waals surface area contributed by atoms with Gasteiger partial charge in [0.15, 0.2) is 5.69 Å². The van der Waals surface area contributed by atoms with Crippen LogP contribution in [0.4, 0.5) is 0 Å². The lowest BCUT2D eigenvalue weighted by Gasteiger charge is -2.05. The Balaban J connectivity index is 1.30. The number of carbonyl (C=O) groups excluding carboxylic acids is 1. The zero-order chi connectivity index (χ0) is 17.3. The van der Waals surface area contributed by atoms with E-state index in [4.69, 9.17) is 4.74 Å². The first-order valence-corrected chi connectivity index (χ1v) is 9.20. The van der Waals surface area contributed by atoms with E-state index in [1.54, 1.807) is 17.4 Å². The first-order chi connectivity index (χ1) is 12.3. The van der Waals surface area contributed by atoms with E-state index in [2.05, 4.69) is 27.6 Å². The Morgan fingerprint density at radius 2 is 2.04 bits per heavy atom. The SMILES string of the molecule is O=C(NCCCOCCc1ccccc1)c1cc(-c2cccs2)[nH]n1. The van der Waals surface area contributed by atoms with Gasteiger partial charge < -0.3 is 10.1 Å². The molecule has 0 aliphatic carbocycles. The number of rotatable bonds is 9. The Morgan fingerprint density at radius 3 is 2.84 bits per heavy atom. The number of thiophene rings is 1. The second-order valence-corrected chi connectivity index (χ2v) is 6.55. The average Bonchev–Trinajstić information content (AvgIpc) is 3.33. The number of carbonyl (C=O) groups is 1. The van der Waals surface area contributed by atoms with Crippen LogP contribution in [0.5, 0.6) is 0 Å². The summed E-state index contributed by atoms with van der Waals surface area (Å²) in [5.41, 5.74) is 2.55. The third kappa shape index (κ3) is 5.27. The second kappa shape index (κ2) is 9.15. The van der Waals surface area contributed by atoms with Crippen LogP contribution in [-0.2, 0) is 11.2 Å². The highest BCUT2D eigenvalue weighted by Gasteiger charge is 2.11. The minimum absolute atomic E-state index is 0.164. The van der Waals surface area contributed by atoms with E-state index in [1.165, 1.54) is 5.56 Å². The zero-order valence-electron chi connectivity index (χ0n) is 13.9. The van der Waals surface area contributed by atoms with E-state index in [1.807, 2.05) is 35.7 Å². The van der Waals surface area contributed by atoms with E-state index >= 15 is 0 Å². The fourth-order valence-electron chi connectivity index (χ4n) is 2.40. The Kier molecular flexibility index (Phi) is 6.36. The second-order valence-electron chi connectivity index (χ2n) is 5.60. The molecule has 0 spiro atoms. The van der Waals surface area contributed by atoms with E-state index in [0.29, 0.717) is 25.5 Å². The normalized spacial score (nSPS) is 10.7. The molecule has 0 radical (unpaired) electrons.